The summed E-state index contributed by atoms with van der Waals surface area (Å²) in [7, 11) is 0. The number of thioether (sulfide) groups is 1. The van der Waals surface area contributed by atoms with Crippen LogP contribution in [0.1, 0.15) is 52.4 Å². The van der Waals surface area contributed by atoms with Crippen LogP contribution in [0.3, 0.4) is 0 Å². The molecule has 5 unspecified atom stereocenters. The summed E-state index contributed by atoms with van der Waals surface area (Å²) in [4.78, 5) is 0. The monoisotopic (exact) mass is 309 g/mol. The molecule has 1 fully saturated rings. The van der Waals surface area contributed by atoms with E-state index in [0.717, 1.165) is 31.0 Å². The molecule has 3 heteroatoms. The van der Waals surface area contributed by atoms with Crippen molar-refractivity contribution >= 4 is 11.8 Å². The molecule has 0 aromatic carbocycles. The van der Waals surface area contributed by atoms with Gasteiger partial charge >= 0.3 is 0 Å². The van der Waals surface area contributed by atoms with Crippen molar-refractivity contribution in [1.82, 2.24) is 0 Å². The van der Waals surface area contributed by atoms with Gasteiger partial charge in [0.05, 0.1) is 5.25 Å². The van der Waals surface area contributed by atoms with E-state index >= 15 is 0 Å². The third kappa shape index (κ3) is 6.70. The number of hydrogen-bond donors (Lipinski definition) is 0. The van der Waals surface area contributed by atoms with Crippen LogP contribution in [0, 0.1) is 28.4 Å². The first-order valence-corrected chi connectivity index (χ1v) is 8.98. The zero-order valence-electron chi connectivity index (χ0n) is 13.3. The van der Waals surface area contributed by atoms with Gasteiger partial charge in [0, 0.05) is 0 Å². The second kappa shape index (κ2) is 10.1. The number of thiocyanates is 1. The molecule has 1 saturated carbocycles. The van der Waals surface area contributed by atoms with E-state index in [0.29, 0.717) is 24.2 Å². The second-order valence-corrected chi connectivity index (χ2v) is 7.20. The Labute approximate surface area is 133 Å². The quantitative estimate of drug-likeness (QED) is 0.412. The number of halogens is 1. The topological polar surface area (TPSA) is 23.8 Å². The van der Waals surface area contributed by atoms with Crippen molar-refractivity contribution in [2.45, 2.75) is 63.8 Å². The van der Waals surface area contributed by atoms with Crippen molar-refractivity contribution in [2.75, 3.05) is 0 Å². The number of rotatable bonds is 8. The van der Waals surface area contributed by atoms with E-state index < -0.39 is 6.17 Å². The predicted molar refractivity (Wildman–Crippen MR) is 90.7 cm³/mol. The molecule has 0 bridgehead atoms. The molecule has 1 aliphatic carbocycles. The van der Waals surface area contributed by atoms with Gasteiger partial charge in [-0.15, -0.1) is 6.58 Å². The van der Waals surface area contributed by atoms with Crippen LogP contribution in [0.15, 0.2) is 24.8 Å². The molecule has 0 heterocycles. The lowest BCUT2D eigenvalue weighted by atomic mass is 9.85. The highest BCUT2D eigenvalue weighted by Crippen LogP contribution is 2.34. The molecule has 0 amide bonds. The minimum atomic E-state index is -0.834. The Bertz CT molecular complexity index is 374. The highest BCUT2D eigenvalue weighted by molar-refractivity contribution is 8.04. The van der Waals surface area contributed by atoms with Crippen molar-refractivity contribution in [3.8, 4) is 5.40 Å². The largest absolute Gasteiger partial charge is 0.246 e. The van der Waals surface area contributed by atoms with Crippen LogP contribution < -0.4 is 0 Å². The first-order valence-electron chi connectivity index (χ1n) is 8.10. The van der Waals surface area contributed by atoms with Crippen molar-refractivity contribution in [3.63, 3.8) is 0 Å². The van der Waals surface area contributed by atoms with Crippen molar-refractivity contribution in [1.29, 1.82) is 5.26 Å². The standard InChI is InChI=1S/C18H28FNS/c1-4-14(3)6-7-15(5-2)8-9-16-10-11-18(21-13-20)17(19)12-16/h4,8-9,14-18H,1,5-7,10-12H2,2-3H3. The number of alkyl halides is 1. The normalized spacial score (nSPS) is 29.0. The second-order valence-electron chi connectivity index (χ2n) is 6.18. The summed E-state index contributed by atoms with van der Waals surface area (Å²) in [5, 5.41) is 10.6. The van der Waals surface area contributed by atoms with E-state index in [-0.39, 0.29) is 5.25 Å². The van der Waals surface area contributed by atoms with Gasteiger partial charge < -0.3 is 0 Å². The van der Waals surface area contributed by atoms with Crippen molar-refractivity contribution in [3.05, 3.63) is 24.8 Å². The molecule has 0 saturated heterocycles. The Morgan fingerprint density at radius 3 is 2.76 bits per heavy atom. The predicted octanol–water partition coefficient (Wildman–Crippen LogP) is 5.89. The van der Waals surface area contributed by atoms with Crippen LogP contribution in [0.5, 0.6) is 0 Å². The van der Waals surface area contributed by atoms with Gasteiger partial charge in [-0.05, 0) is 68.0 Å². The summed E-state index contributed by atoms with van der Waals surface area (Å²) in [5.41, 5.74) is 0. The minimum Gasteiger partial charge on any atom is -0.246 e. The summed E-state index contributed by atoms with van der Waals surface area (Å²) in [6.45, 7) is 8.24. The lowest BCUT2D eigenvalue weighted by molar-refractivity contribution is 0.229. The number of allylic oxidation sites excluding steroid dienone is 3. The highest BCUT2D eigenvalue weighted by Gasteiger charge is 2.29. The van der Waals surface area contributed by atoms with Crippen LogP contribution in [0.4, 0.5) is 4.39 Å². The fraction of sp³-hybridized carbons (Fsp3) is 0.722. The molecule has 1 aliphatic rings. The minimum absolute atomic E-state index is 0.116. The Morgan fingerprint density at radius 1 is 1.43 bits per heavy atom. The molecule has 0 spiro atoms. The van der Waals surface area contributed by atoms with Crippen LogP contribution in [-0.2, 0) is 0 Å². The molecule has 0 aromatic rings. The molecule has 21 heavy (non-hydrogen) atoms. The zero-order valence-corrected chi connectivity index (χ0v) is 14.1. The smallest absolute Gasteiger partial charge is 0.133 e. The molecule has 118 valence electrons. The van der Waals surface area contributed by atoms with Gasteiger partial charge in [-0.1, -0.05) is 32.1 Å². The van der Waals surface area contributed by atoms with E-state index in [2.05, 4.69) is 32.6 Å². The summed E-state index contributed by atoms with van der Waals surface area (Å²) in [5.74, 6) is 1.51. The van der Waals surface area contributed by atoms with E-state index in [1.165, 1.54) is 12.8 Å². The SMILES string of the molecule is C=CC(C)CCC(C=CC1CCC(SC#N)C(F)C1)CC. The summed E-state index contributed by atoms with van der Waals surface area (Å²) in [6.07, 6.45) is 11.6. The average Bonchev–Trinajstić information content (AvgIpc) is 2.49. The van der Waals surface area contributed by atoms with E-state index in [4.69, 9.17) is 5.26 Å². The molecule has 5 atom stereocenters. The highest BCUT2D eigenvalue weighted by atomic mass is 32.2. The molecule has 0 radical (unpaired) electrons. The Morgan fingerprint density at radius 2 is 2.19 bits per heavy atom. The Hall–Kier alpha value is -0.750. The zero-order chi connectivity index (χ0) is 15.7. The number of nitriles is 1. The summed E-state index contributed by atoms with van der Waals surface area (Å²) < 4.78 is 14.0. The van der Waals surface area contributed by atoms with Crippen molar-refractivity contribution < 1.29 is 4.39 Å². The van der Waals surface area contributed by atoms with Gasteiger partial charge in [-0.3, -0.25) is 0 Å². The van der Waals surface area contributed by atoms with Crippen LogP contribution in [0.2, 0.25) is 0 Å². The average molecular weight is 309 g/mol. The molecule has 1 rings (SSSR count). The first kappa shape index (κ1) is 18.3. The maximum atomic E-state index is 14.0. The first-order chi connectivity index (χ1) is 10.1. The molecule has 1 nitrogen and oxygen atoms in total. The molecular weight excluding hydrogens is 281 g/mol. The summed E-state index contributed by atoms with van der Waals surface area (Å²) in [6, 6.07) is 0. The molecule has 0 N–H and O–H groups in total. The lowest BCUT2D eigenvalue weighted by Crippen LogP contribution is -2.27. The van der Waals surface area contributed by atoms with E-state index in [1.807, 2.05) is 11.5 Å². The van der Waals surface area contributed by atoms with Crippen LogP contribution in [0.25, 0.3) is 0 Å². The van der Waals surface area contributed by atoms with Gasteiger partial charge in [-0.25, -0.2) is 4.39 Å². The third-order valence-corrected chi connectivity index (χ3v) is 5.47. The van der Waals surface area contributed by atoms with Crippen LogP contribution in [-0.4, -0.2) is 11.4 Å². The lowest BCUT2D eigenvalue weighted by Gasteiger charge is -2.28. The van der Waals surface area contributed by atoms with Gasteiger partial charge in [-0.2, -0.15) is 5.26 Å². The van der Waals surface area contributed by atoms with Crippen molar-refractivity contribution in [2.24, 2.45) is 17.8 Å². The maximum absolute atomic E-state index is 14.0. The van der Waals surface area contributed by atoms with Gasteiger partial charge in [0.15, 0.2) is 0 Å². The third-order valence-electron chi connectivity index (χ3n) is 4.53. The molecular formula is C18H28FNS. The van der Waals surface area contributed by atoms with Gasteiger partial charge in [0.1, 0.15) is 11.6 Å². The fourth-order valence-corrected chi connectivity index (χ4v) is 3.49. The van der Waals surface area contributed by atoms with Crippen LogP contribution >= 0.6 is 11.8 Å². The Kier molecular flexibility index (Phi) is 8.76. The van der Waals surface area contributed by atoms with E-state index in [9.17, 15) is 4.39 Å². The Balaban J connectivity index is 2.41. The molecule has 0 aliphatic heterocycles. The maximum Gasteiger partial charge on any atom is 0.133 e. The molecule has 0 aromatic heterocycles. The summed E-state index contributed by atoms with van der Waals surface area (Å²) >= 11 is 1.10. The van der Waals surface area contributed by atoms with Gasteiger partial charge in [0.25, 0.3) is 0 Å². The van der Waals surface area contributed by atoms with E-state index in [1.54, 1.807) is 0 Å². The van der Waals surface area contributed by atoms with Gasteiger partial charge in [0.2, 0.25) is 0 Å². The fourth-order valence-electron chi connectivity index (χ4n) is 2.84. The number of hydrogen-bond acceptors (Lipinski definition) is 2. The number of nitrogens with zero attached hydrogens (tertiary/aromatic N) is 1.